The Hall–Kier alpha value is -2.21. The molecule has 0 aromatic heterocycles. The van der Waals surface area contributed by atoms with E-state index in [1.54, 1.807) is 0 Å². The molecule has 0 aliphatic carbocycles. The largest absolute Gasteiger partial charge is 0.478 e. The summed E-state index contributed by atoms with van der Waals surface area (Å²) in [5.74, 6) is -1.67. The second kappa shape index (κ2) is 5.05. The highest BCUT2D eigenvalue weighted by Gasteiger charge is 2.16. The standard InChI is InChI=1S/C14H11FO4S/c1-20(18,19)11-6-7-12(13(8-11)14(16)17)9-2-4-10(15)5-3-9/h2-8H,1H3,(H,16,17). The predicted molar refractivity (Wildman–Crippen MR) is 71.9 cm³/mol. The molecule has 0 saturated heterocycles. The third-order valence-electron chi connectivity index (χ3n) is 2.80. The van der Waals surface area contributed by atoms with Crippen molar-refractivity contribution in [1.29, 1.82) is 0 Å². The van der Waals surface area contributed by atoms with Crippen molar-refractivity contribution >= 4 is 15.8 Å². The first-order chi connectivity index (χ1) is 9.29. The van der Waals surface area contributed by atoms with Crippen LogP contribution >= 0.6 is 0 Å². The molecule has 0 aliphatic heterocycles. The predicted octanol–water partition coefficient (Wildman–Crippen LogP) is 2.59. The van der Waals surface area contributed by atoms with E-state index in [-0.39, 0.29) is 10.5 Å². The second-order valence-corrected chi connectivity index (χ2v) is 6.31. The van der Waals surface area contributed by atoms with E-state index in [4.69, 9.17) is 0 Å². The molecule has 0 spiro atoms. The van der Waals surface area contributed by atoms with Crippen molar-refractivity contribution in [3.05, 3.63) is 53.8 Å². The van der Waals surface area contributed by atoms with Gasteiger partial charge < -0.3 is 5.11 Å². The van der Waals surface area contributed by atoms with Crippen LogP contribution in [-0.4, -0.2) is 25.7 Å². The summed E-state index contributed by atoms with van der Waals surface area (Å²) in [7, 11) is -3.49. The quantitative estimate of drug-likeness (QED) is 0.944. The number of sulfone groups is 1. The molecule has 0 unspecified atom stereocenters. The molecule has 0 amide bonds. The topological polar surface area (TPSA) is 71.4 Å². The van der Waals surface area contributed by atoms with Gasteiger partial charge in [0.1, 0.15) is 5.82 Å². The highest BCUT2D eigenvalue weighted by Crippen LogP contribution is 2.26. The van der Waals surface area contributed by atoms with E-state index in [2.05, 4.69) is 0 Å². The normalized spacial score (nSPS) is 11.3. The third-order valence-corrected chi connectivity index (χ3v) is 3.92. The minimum absolute atomic E-state index is 0.0687. The van der Waals surface area contributed by atoms with Crippen LogP contribution in [0.3, 0.4) is 0 Å². The Balaban J connectivity index is 2.65. The fraction of sp³-hybridized carbons (Fsp3) is 0.0714. The molecule has 0 bridgehead atoms. The molecular formula is C14H11FO4S. The van der Waals surface area contributed by atoms with Crippen LogP contribution in [0.4, 0.5) is 4.39 Å². The lowest BCUT2D eigenvalue weighted by Crippen LogP contribution is -2.04. The van der Waals surface area contributed by atoms with E-state index in [0.717, 1.165) is 12.3 Å². The van der Waals surface area contributed by atoms with Gasteiger partial charge in [-0.2, -0.15) is 0 Å². The molecule has 20 heavy (non-hydrogen) atoms. The van der Waals surface area contributed by atoms with Crippen molar-refractivity contribution in [1.82, 2.24) is 0 Å². The van der Waals surface area contributed by atoms with E-state index in [1.165, 1.54) is 36.4 Å². The molecule has 104 valence electrons. The van der Waals surface area contributed by atoms with Gasteiger partial charge in [-0.25, -0.2) is 17.6 Å². The van der Waals surface area contributed by atoms with Gasteiger partial charge >= 0.3 is 5.97 Å². The monoisotopic (exact) mass is 294 g/mol. The maximum absolute atomic E-state index is 12.9. The van der Waals surface area contributed by atoms with E-state index >= 15 is 0 Å². The van der Waals surface area contributed by atoms with Gasteiger partial charge in [-0.1, -0.05) is 18.2 Å². The van der Waals surface area contributed by atoms with E-state index < -0.39 is 21.6 Å². The van der Waals surface area contributed by atoms with Crippen molar-refractivity contribution in [3.63, 3.8) is 0 Å². The summed E-state index contributed by atoms with van der Waals surface area (Å²) in [5, 5.41) is 9.20. The summed E-state index contributed by atoms with van der Waals surface area (Å²) in [6, 6.07) is 9.16. The van der Waals surface area contributed by atoms with Gasteiger partial charge in [0.25, 0.3) is 0 Å². The summed E-state index contributed by atoms with van der Waals surface area (Å²) in [6.07, 6.45) is 1.01. The number of halogens is 1. The van der Waals surface area contributed by atoms with Gasteiger partial charge in [0.05, 0.1) is 10.5 Å². The molecule has 0 radical (unpaired) electrons. The lowest BCUT2D eigenvalue weighted by atomic mass is 10.00. The zero-order valence-electron chi connectivity index (χ0n) is 10.5. The van der Waals surface area contributed by atoms with Crippen LogP contribution in [-0.2, 0) is 9.84 Å². The first-order valence-electron chi connectivity index (χ1n) is 5.62. The number of rotatable bonds is 3. The highest BCUT2D eigenvalue weighted by atomic mass is 32.2. The third kappa shape index (κ3) is 2.85. The minimum Gasteiger partial charge on any atom is -0.478 e. The Morgan fingerprint density at radius 3 is 2.20 bits per heavy atom. The first-order valence-corrected chi connectivity index (χ1v) is 7.51. The molecule has 0 atom stereocenters. The molecule has 0 fully saturated rings. The summed E-state index contributed by atoms with van der Waals surface area (Å²) < 4.78 is 35.8. The van der Waals surface area contributed by atoms with Crippen LogP contribution in [0.2, 0.25) is 0 Å². The van der Waals surface area contributed by atoms with Crippen LogP contribution < -0.4 is 0 Å². The van der Waals surface area contributed by atoms with Gasteiger partial charge in [-0.3, -0.25) is 0 Å². The number of carbonyl (C=O) groups is 1. The minimum atomic E-state index is -3.49. The van der Waals surface area contributed by atoms with Crippen LogP contribution in [0.1, 0.15) is 10.4 Å². The van der Waals surface area contributed by atoms with Gasteiger partial charge in [-0.05, 0) is 35.4 Å². The first kappa shape index (κ1) is 14.2. The van der Waals surface area contributed by atoms with Crippen molar-refractivity contribution in [2.75, 3.05) is 6.26 Å². The number of carboxylic acid groups (broad SMARTS) is 1. The van der Waals surface area contributed by atoms with Crippen LogP contribution in [0.5, 0.6) is 0 Å². The Morgan fingerprint density at radius 1 is 1.10 bits per heavy atom. The number of carboxylic acids is 1. The fourth-order valence-electron chi connectivity index (χ4n) is 1.81. The number of benzene rings is 2. The number of hydrogen-bond donors (Lipinski definition) is 1. The lowest BCUT2D eigenvalue weighted by Gasteiger charge is -2.08. The zero-order valence-corrected chi connectivity index (χ0v) is 11.3. The zero-order chi connectivity index (χ0) is 14.9. The molecule has 2 aromatic rings. The van der Waals surface area contributed by atoms with Crippen LogP contribution in [0.25, 0.3) is 11.1 Å². The Labute approximate surface area is 115 Å². The van der Waals surface area contributed by atoms with Crippen molar-refractivity contribution in [3.8, 4) is 11.1 Å². The maximum Gasteiger partial charge on any atom is 0.336 e. The average Bonchev–Trinajstić information content (AvgIpc) is 2.38. The average molecular weight is 294 g/mol. The van der Waals surface area contributed by atoms with Gasteiger partial charge in [0.15, 0.2) is 9.84 Å². The van der Waals surface area contributed by atoms with Crippen molar-refractivity contribution < 1.29 is 22.7 Å². The summed E-state index contributed by atoms with van der Waals surface area (Å²) in [4.78, 5) is 11.2. The maximum atomic E-state index is 12.9. The van der Waals surface area contributed by atoms with Crippen LogP contribution in [0.15, 0.2) is 47.4 Å². The molecule has 0 aliphatic rings. The molecule has 2 aromatic carbocycles. The van der Waals surface area contributed by atoms with E-state index in [9.17, 15) is 22.7 Å². The Morgan fingerprint density at radius 2 is 1.70 bits per heavy atom. The Bertz CT molecular complexity index is 764. The van der Waals surface area contributed by atoms with E-state index in [1.807, 2.05) is 0 Å². The number of aromatic carboxylic acids is 1. The van der Waals surface area contributed by atoms with Gasteiger partial charge in [0.2, 0.25) is 0 Å². The van der Waals surface area contributed by atoms with Gasteiger partial charge in [0, 0.05) is 6.26 Å². The molecule has 0 heterocycles. The van der Waals surface area contributed by atoms with Crippen molar-refractivity contribution in [2.24, 2.45) is 0 Å². The number of hydrogen-bond acceptors (Lipinski definition) is 3. The molecule has 0 saturated carbocycles. The highest BCUT2D eigenvalue weighted by molar-refractivity contribution is 7.90. The summed E-state index contributed by atoms with van der Waals surface area (Å²) in [6.45, 7) is 0. The SMILES string of the molecule is CS(=O)(=O)c1ccc(-c2ccc(F)cc2)c(C(=O)O)c1. The molecular weight excluding hydrogens is 283 g/mol. The molecule has 6 heteroatoms. The smallest absolute Gasteiger partial charge is 0.336 e. The summed E-state index contributed by atoms with van der Waals surface area (Å²) >= 11 is 0. The second-order valence-electron chi connectivity index (χ2n) is 4.29. The lowest BCUT2D eigenvalue weighted by molar-refractivity contribution is 0.0697. The van der Waals surface area contributed by atoms with E-state index in [0.29, 0.717) is 11.1 Å². The van der Waals surface area contributed by atoms with Crippen LogP contribution in [0, 0.1) is 5.82 Å². The molecule has 4 nitrogen and oxygen atoms in total. The molecule has 1 N–H and O–H groups in total. The molecule has 2 rings (SSSR count). The Kier molecular flexibility index (Phi) is 3.59. The fourth-order valence-corrected chi connectivity index (χ4v) is 2.46. The van der Waals surface area contributed by atoms with Crippen molar-refractivity contribution in [2.45, 2.75) is 4.90 Å². The van der Waals surface area contributed by atoms with Gasteiger partial charge in [-0.15, -0.1) is 0 Å². The summed E-state index contributed by atoms with van der Waals surface area (Å²) in [5.41, 5.74) is 0.702.